The molecule has 0 saturated heterocycles. The minimum Gasteiger partial charge on any atom is -0.493 e. The van der Waals surface area contributed by atoms with Gasteiger partial charge in [-0.15, -0.1) is 0 Å². The molecule has 0 radical (unpaired) electrons. The summed E-state index contributed by atoms with van der Waals surface area (Å²) < 4.78 is 11.2. The summed E-state index contributed by atoms with van der Waals surface area (Å²) in [6.45, 7) is 4.04. The lowest BCUT2D eigenvalue weighted by Gasteiger charge is -2.13. The van der Waals surface area contributed by atoms with E-state index in [-0.39, 0.29) is 17.7 Å². The molecule has 31 heavy (non-hydrogen) atoms. The Balaban J connectivity index is 1.68. The van der Waals surface area contributed by atoms with Gasteiger partial charge in [0.25, 0.3) is 5.91 Å². The lowest BCUT2D eigenvalue weighted by molar-refractivity contribution is -0.118. The van der Waals surface area contributed by atoms with Crippen LogP contribution in [0.25, 0.3) is 0 Å². The van der Waals surface area contributed by atoms with Crippen LogP contribution in [0, 0.1) is 5.92 Å². The fourth-order valence-electron chi connectivity index (χ4n) is 2.83. The van der Waals surface area contributed by atoms with Crippen LogP contribution in [0.4, 0.5) is 11.4 Å². The zero-order chi connectivity index (χ0) is 22.2. The van der Waals surface area contributed by atoms with E-state index in [0.29, 0.717) is 35.0 Å². The van der Waals surface area contributed by atoms with Crippen LogP contribution in [0.3, 0.4) is 0 Å². The number of benzene rings is 3. The fourth-order valence-corrected chi connectivity index (χ4v) is 2.83. The molecular formula is C25H26N2O4. The minimum atomic E-state index is -0.291. The second-order valence-corrected chi connectivity index (χ2v) is 7.32. The maximum absolute atomic E-state index is 12.7. The van der Waals surface area contributed by atoms with Crippen LogP contribution >= 0.6 is 0 Å². The molecule has 2 amide bonds. The summed E-state index contributed by atoms with van der Waals surface area (Å²) in [6, 6.07) is 21.9. The number of rotatable bonds is 8. The van der Waals surface area contributed by atoms with Gasteiger partial charge in [0.05, 0.1) is 7.11 Å². The zero-order valence-corrected chi connectivity index (χ0v) is 17.8. The molecule has 6 nitrogen and oxygen atoms in total. The van der Waals surface area contributed by atoms with Crippen LogP contribution in [-0.4, -0.2) is 18.9 Å². The highest BCUT2D eigenvalue weighted by molar-refractivity contribution is 6.05. The van der Waals surface area contributed by atoms with E-state index in [9.17, 15) is 9.59 Å². The van der Waals surface area contributed by atoms with Crippen molar-refractivity contribution in [2.75, 3.05) is 17.7 Å². The molecule has 0 bridgehead atoms. The molecule has 0 atom stereocenters. The Morgan fingerprint density at radius 3 is 2.23 bits per heavy atom. The van der Waals surface area contributed by atoms with Gasteiger partial charge in [0.1, 0.15) is 6.61 Å². The molecule has 3 rings (SSSR count). The van der Waals surface area contributed by atoms with Gasteiger partial charge in [-0.05, 0) is 42.0 Å². The lowest BCUT2D eigenvalue weighted by atomic mass is 10.1. The Kier molecular flexibility index (Phi) is 7.27. The first-order valence-electron chi connectivity index (χ1n) is 10.0. The number of carbonyl (C=O) groups excluding carboxylic acids is 2. The number of hydrogen-bond acceptors (Lipinski definition) is 4. The SMILES string of the molecule is COc1cc(C(=O)Nc2cccc(NC(=O)C(C)C)c2)ccc1OCc1ccccc1. The van der Waals surface area contributed by atoms with Crippen LogP contribution in [-0.2, 0) is 11.4 Å². The van der Waals surface area contributed by atoms with E-state index in [2.05, 4.69) is 10.6 Å². The highest BCUT2D eigenvalue weighted by Crippen LogP contribution is 2.29. The van der Waals surface area contributed by atoms with Crippen molar-refractivity contribution in [1.29, 1.82) is 0 Å². The lowest BCUT2D eigenvalue weighted by Crippen LogP contribution is -2.18. The van der Waals surface area contributed by atoms with Crippen LogP contribution in [0.5, 0.6) is 11.5 Å². The molecule has 0 fully saturated rings. The summed E-state index contributed by atoms with van der Waals surface area (Å²) in [5, 5.41) is 5.66. The number of methoxy groups -OCH3 is 1. The molecule has 2 N–H and O–H groups in total. The number of nitrogens with one attached hydrogen (secondary N) is 2. The predicted molar refractivity (Wildman–Crippen MR) is 122 cm³/mol. The maximum atomic E-state index is 12.7. The van der Waals surface area contributed by atoms with Gasteiger partial charge in [0.15, 0.2) is 11.5 Å². The Morgan fingerprint density at radius 1 is 0.839 bits per heavy atom. The molecule has 3 aromatic rings. The third kappa shape index (κ3) is 6.09. The van der Waals surface area contributed by atoms with Gasteiger partial charge in [-0.1, -0.05) is 50.2 Å². The van der Waals surface area contributed by atoms with E-state index in [1.54, 1.807) is 42.5 Å². The van der Waals surface area contributed by atoms with Gasteiger partial charge in [-0.25, -0.2) is 0 Å². The van der Waals surface area contributed by atoms with E-state index >= 15 is 0 Å². The number of amides is 2. The Morgan fingerprint density at radius 2 is 1.55 bits per heavy atom. The van der Waals surface area contributed by atoms with Crippen molar-refractivity contribution >= 4 is 23.2 Å². The third-order valence-electron chi connectivity index (χ3n) is 4.58. The smallest absolute Gasteiger partial charge is 0.255 e. The Hall–Kier alpha value is -3.80. The first-order chi connectivity index (χ1) is 15.0. The van der Waals surface area contributed by atoms with Crippen molar-refractivity contribution in [1.82, 2.24) is 0 Å². The molecule has 0 aliphatic heterocycles. The molecule has 3 aromatic carbocycles. The van der Waals surface area contributed by atoms with Crippen LogP contribution in [0.15, 0.2) is 72.8 Å². The molecule has 0 aliphatic carbocycles. The molecular weight excluding hydrogens is 392 g/mol. The van der Waals surface area contributed by atoms with Crippen molar-refractivity contribution in [3.63, 3.8) is 0 Å². The molecule has 0 unspecified atom stereocenters. The van der Waals surface area contributed by atoms with Crippen molar-refractivity contribution in [3.8, 4) is 11.5 Å². The van der Waals surface area contributed by atoms with Crippen LogP contribution < -0.4 is 20.1 Å². The fraction of sp³-hybridized carbons (Fsp3) is 0.200. The molecule has 0 spiro atoms. The second-order valence-electron chi connectivity index (χ2n) is 7.32. The summed E-state index contributed by atoms with van der Waals surface area (Å²) >= 11 is 0. The summed E-state index contributed by atoms with van der Waals surface area (Å²) in [4.78, 5) is 24.6. The van der Waals surface area contributed by atoms with Crippen LogP contribution in [0.1, 0.15) is 29.8 Å². The second kappa shape index (κ2) is 10.3. The number of carbonyl (C=O) groups is 2. The molecule has 160 valence electrons. The van der Waals surface area contributed by atoms with Gasteiger partial charge in [-0.3, -0.25) is 9.59 Å². The minimum absolute atomic E-state index is 0.0840. The third-order valence-corrected chi connectivity index (χ3v) is 4.58. The van der Waals surface area contributed by atoms with Gasteiger partial charge < -0.3 is 20.1 Å². The Bertz CT molecular complexity index is 1050. The van der Waals surface area contributed by atoms with E-state index < -0.39 is 0 Å². The molecule has 6 heteroatoms. The Labute approximate surface area is 182 Å². The predicted octanol–water partition coefficient (Wildman–Crippen LogP) is 5.12. The topological polar surface area (TPSA) is 76.7 Å². The number of ether oxygens (including phenoxy) is 2. The number of hydrogen-bond donors (Lipinski definition) is 2. The van der Waals surface area contributed by atoms with Gasteiger partial charge in [0, 0.05) is 22.9 Å². The highest BCUT2D eigenvalue weighted by atomic mass is 16.5. The summed E-state index contributed by atoms with van der Waals surface area (Å²) in [5.74, 6) is 0.524. The van der Waals surface area contributed by atoms with E-state index in [4.69, 9.17) is 9.47 Å². The molecule has 0 saturated carbocycles. The van der Waals surface area contributed by atoms with Gasteiger partial charge in [-0.2, -0.15) is 0 Å². The van der Waals surface area contributed by atoms with E-state index in [1.807, 2.05) is 44.2 Å². The summed E-state index contributed by atoms with van der Waals surface area (Å²) in [7, 11) is 1.53. The summed E-state index contributed by atoms with van der Waals surface area (Å²) in [6.07, 6.45) is 0. The van der Waals surface area contributed by atoms with E-state index in [1.165, 1.54) is 7.11 Å². The van der Waals surface area contributed by atoms with Gasteiger partial charge >= 0.3 is 0 Å². The molecule has 0 aromatic heterocycles. The standard InChI is InChI=1S/C25H26N2O4/c1-17(2)24(28)26-20-10-7-11-21(15-20)27-25(29)19-12-13-22(23(14-19)30-3)31-16-18-8-5-4-6-9-18/h4-15,17H,16H2,1-3H3,(H,26,28)(H,27,29). The first-order valence-corrected chi connectivity index (χ1v) is 10.0. The highest BCUT2D eigenvalue weighted by Gasteiger charge is 2.13. The molecule has 0 heterocycles. The number of anilines is 2. The zero-order valence-electron chi connectivity index (χ0n) is 17.8. The average Bonchev–Trinajstić information content (AvgIpc) is 2.78. The first kappa shape index (κ1) is 21.9. The van der Waals surface area contributed by atoms with Crippen molar-refractivity contribution in [3.05, 3.63) is 83.9 Å². The average molecular weight is 418 g/mol. The van der Waals surface area contributed by atoms with Crippen LogP contribution in [0.2, 0.25) is 0 Å². The normalized spacial score (nSPS) is 10.5. The largest absolute Gasteiger partial charge is 0.493 e. The molecule has 0 aliphatic rings. The monoisotopic (exact) mass is 418 g/mol. The van der Waals surface area contributed by atoms with Crippen molar-refractivity contribution in [2.24, 2.45) is 5.92 Å². The van der Waals surface area contributed by atoms with Crippen molar-refractivity contribution < 1.29 is 19.1 Å². The maximum Gasteiger partial charge on any atom is 0.255 e. The van der Waals surface area contributed by atoms with Gasteiger partial charge in [0.2, 0.25) is 5.91 Å². The summed E-state index contributed by atoms with van der Waals surface area (Å²) in [5.41, 5.74) is 2.67. The quantitative estimate of drug-likeness (QED) is 0.532. The van der Waals surface area contributed by atoms with E-state index in [0.717, 1.165) is 5.56 Å². The van der Waals surface area contributed by atoms with Crippen molar-refractivity contribution in [2.45, 2.75) is 20.5 Å².